The number of carbonyl (C=O) groups is 1. The van der Waals surface area contributed by atoms with Gasteiger partial charge in [0.1, 0.15) is 5.76 Å². The lowest BCUT2D eigenvalue weighted by atomic mass is 10.1. The highest BCUT2D eigenvalue weighted by Crippen LogP contribution is 2.40. The molecule has 100 valence electrons. The molecule has 0 atom stereocenters. The van der Waals surface area contributed by atoms with Gasteiger partial charge in [-0.05, 0) is 33.6 Å². The fourth-order valence-corrected chi connectivity index (χ4v) is 1.91. The van der Waals surface area contributed by atoms with Gasteiger partial charge >= 0.3 is 0 Å². The van der Waals surface area contributed by atoms with Crippen LogP contribution in [0, 0.1) is 0 Å². The van der Waals surface area contributed by atoms with Gasteiger partial charge in [-0.3, -0.25) is 4.79 Å². The van der Waals surface area contributed by atoms with Crippen LogP contribution in [0.4, 0.5) is 0 Å². The highest BCUT2D eigenvalue weighted by molar-refractivity contribution is 5.92. The van der Waals surface area contributed by atoms with Crippen LogP contribution in [0.5, 0.6) is 0 Å². The maximum atomic E-state index is 12.2. The number of hydrogen-bond donors (Lipinski definition) is 1. The minimum Gasteiger partial charge on any atom is -0.389 e. The highest BCUT2D eigenvalue weighted by Gasteiger charge is 2.30. The summed E-state index contributed by atoms with van der Waals surface area (Å²) in [6.45, 7) is 6.07. The van der Waals surface area contributed by atoms with Crippen LogP contribution in [0.1, 0.15) is 55.8 Å². The molecule has 5 heteroatoms. The number of nitrogens with zero attached hydrogens (tertiary/aromatic N) is 2. The Labute approximate surface area is 107 Å². The predicted octanol–water partition coefficient (Wildman–Crippen LogP) is 1.78. The van der Waals surface area contributed by atoms with Crippen LogP contribution in [0.2, 0.25) is 0 Å². The van der Waals surface area contributed by atoms with E-state index in [9.17, 15) is 9.90 Å². The van der Waals surface area contributed by atoms with Crippen molar-refractivity contribution in [1.82, 2.24) is 10.1 Å². The molecule has 1 aliphatic rings. The molecule has 1 fully saturated rings. The molecule has 18 heavy (non-hydrogen) atoms. The van der Waals surface area contributed by atoms with E-state index in [4.69, 9.17) is 4.52 Å². The van der Waals surface area contributed by atoms with Crippen LogP contribution < -0.4 is 0 Å². The van der Waals surface area contributed by atoms with E-state index in [2.05, 4.69) is 5.16 Å². The summed E-state index contributed by atoms with van der Waals surface area (Å²) in [7, 11) is 0. The molecule has 1 aromatic heterocycles. The maximum Gasteiger partial charge on any atom is 0.276 e. The highest BCUT2D eigenvalue weighted by atomic mass is 16.5. The molecule has 0 unspecified atom stereocenters. The van der Waals surface area contributed by atoms with Gasteiger partial charge in [0, 0.05) is 25.1 Å². The smallest absolute Gasteiger partial charge is 0.276 e. The molecule has 0 saturated heterocycles. The molecule has 5 nitrogen and oxygen atoms in total. The summed E-state index contributed by atoms with van der Waals surface area (Å²) < 4.78 is 5.17. The van der Waals surface area contributed by atoms with Crippen LogP contribution in [0.15, 0.2) is 10.6 Å². The van der Waals surface area contributed by atoms with Gasteiger partial charge in [-0.2, -0.15) is 0 Å². The Balaban J connectivity index is 2.07. The van der Waals surface area contributed by atoms with Crippen LogP contribution >= 0.6 is 0 Å². The monoisotopic (exact) mass is 252 g/mol. The molecule has 1 amide bonds. The summed E-state index contributed by atoms with van der Waals surface area (Å²) in [4.78, 5) is 13.8. The number of likely N-dealkylation sites (N-methyl/N-ethyl adjacent to an activating group) is 1. The van der Waals surface area contributed by atoms with E-state index in [1.54, 1.807) is 24.8 Å². The second kappa shape index (κ2) is 4.72. The molecule has 0 aliphatic heterocycles. The predicted molar refractivity (Wildman–Crippen MR) is 66.4 cm³/mol. The Bertz CT molecular complexity index is 430. The summed E-state index contributed by atoms with van der Waals surface area (Å²) in [5.41, 5.74) is -0.572. The van der Waals surface area contributed by atoms with Crippen LogP contribution in [-0.4, -0.2) is 39.8 Å². The fourth-order valence-electron chi connectivity index (χ4n) is 1.91. The summed E-state index contributed by atoms with van der Waals surface area (Å²) >= 11 is 0. The molecule has 1 aliphatic carbocycles. The van der Waals surface area contributed by atoms with E-state index < -0.39 is 5.60 Å². The molecule has 1 aromatic rings. The van der Waals surface area contributed by atoms with Gasteiger partial charge in [0.15, 0.2) is 5.69 Å². The van der Waals surface area contributed by atoms with E-state index in [-0.39, 0.29) is 12.5 Å². The average molecular weight is 252 g/mol. The third kappa shape index (κ3) is 3.10. The standard InChI is InChI=1S/C13H20N2O3/c1-4-15(8-13(2,3)17)12(16)10-7-11(18-14-10)9-5-6-9/h7,9,17H,4-6,8H2,1-3H3. The minimum absolute atomic E-state index is 0.185. The Morgan fingerprint density at radius 1 is 1.61 bits per heavy atom. The molecular formula is C13H20N2O3. The van der Waals surface area contributed by atoms with Gasteiger partial charge in [-0.1, -0.05) is 5.16 Å². The van der Waals surface area contributed by atoms with Crippen LogP contribution in [0.25, 0.3) is 0 Å². The molecule has 0 aromatic carbocycles. The summed E-state index contributed by atoms with van der Waals surface area (Å²) in [6.07, 6.45) is 2.23. The number of amides is 1. The Kier molecular flexibility index (Phi) is 3.43. The van der Waals surface area contributed by atoms with E-state index in [1.165, 1.54) is 0 Å². The van der Waals surface area contributed by atoms with Gasteiger partial charge in [-0.25, -0.2) is 0 Å². The third-order valence-corrected chi connectivity index (χ3v) is 2.97. The zero-order valence-electron chi connectivity index (χ0n) is 11.1. The summed E-state index contributed by atoms with van der Waals surface area (Å²) in [5.74, 6) is 1.07. The first-order valence-electron chi connectivity index (χ1n) is 6.39. The van der Waals surface area contributed by atoms with E-state index in [0.29, 0.717) is 18.2 Å². The Morgan fingerprint density at radius 3 is 2.78 bits per heavy atom. The number of aromatic nitrogens is 1. The van der Waals surface area contributed by atoms with Gasteiger partial charge in [0.25, 0.3) is 5.91 Å². The normalized spacial score (nSPS) is 15.8. The quantitative estimate of drug-likeness (QED) is 0.867. The first-order valence-corrected chi connectivity index (χ1v) is 6.39. The molecule has 0 spiro atoms. The zero-order valence-corrected chi connectivity index (χ0v) is 11.1. The molecule has 1 heterocycles. The van der Waals surface area contributed by atoms with Gasteiger partial charge in [-0.15, -0.1) is 0 Å². The fraction of sp³-hybridized carbons (Fsp3) is 0.692. The van der Waals surface area contributed by atoms with Crippen LogP contribution in [0.3, 0.4) is 0 Å². The topological polar surface area (TPSA) is 66.6 Å². The maximum absolute atomic E-state index is 12.2. The third-order valence-electron chi connectivity index (χ3n) is 2.97. The zero-order chi connectivity index (χ0) is 13.3. The van der Waals surface area contributed by atoms with Gasteiger partial charge in [0.2, 0.25) is 0 Å². The molecule has 0 radical (unpaired) electrons. The van der Waals surface area contributed by atoms with E-state index in [1.807, 2.05) is 6.92 Å². The number of rotatable bonds is 5. The molecule has 0 bridgehead atoms. The number of hydrogen-bond acceptors (Lipinski definition) is 4. The second-order valence-electron chi connectivity index (χ2n) is 5.52. The SMILES string of the molecule is CCN(CC(C)(C)O)C(=O)c1cc(C2CC2)on1. The lowest BCUT2D eigenvalue weighted by molar-refractivity contribution is 0.0309. The number of aliphatic hydroxyl groups is 1. The molecule has 2 rings (SSSR count). The summed E-state index contributed by atoms with van der Waals surface area (Å²) in [5, 5.41) is 13.6. The summed E-state index contributed by atoms with van der Waals surface area (Å²) in [6, 6.07) is 1.73. The Morgan fingerprint density at radius 2 is 2.28 bits per heavy atom. The van der Waals surface area contributed by atoms with E-state index >= 15 is 0 Å². The first-order chi connectivity index (χ1) is 8.40. The van der Waals surface area contributed by atoms with Crippen molar-refractivity contribution in [3.8, 4) is 0 Å². The lowest BCUT2D eigenvalue weighted by Gasteiger charge is -2.27. The molecular weight excluding hydrogens is 232 g/mol. The van der Waals surface area contributed by atoms with Crippen molar-refractivity contribution in [2.75, 3.05) is 13.1 Å². The van der Waals surface area contributed by atoms with Gasteiger partial charge in [0.05, 0.1) is 5.60 Å². The van der Waals surface area contributed by atoms with Crippen molar-refractivity contribution in [3.05, 3.63) is 17.5 Å². The largest absolute Gasteiger partial charge is 0.389 e. The first kappa shape index (κ1) is 13.1. The van der Waals surface area contributed by atoms with Crippen molar-refractivity contribution in [2.45, 2.75) is 45.1 Å². The Hall–Kier alpha value is -1.36. The van der Waals surface area contributed by atoms with Crippen molar-refractivity contribution in [3.63, 3.8) is 0 Å². The van der Waals surface area contributed by atoms with Gasteiger partial charge < -0.3 is 14.5 Å². The van der Waals surface area contributed by atoms with Crippen molar-refractivity contribution >= 4 is 5.91 Å². The van der Waals surface area contributed by atoms with Crippen molar-refractivity contribution < 1.29 is 14.4 Å². The van der Waals surface area contributed by atoms with E-state index in [0.717, 1.165) is 18.6 Å². The van der Waals surface area contributed by atoms with Crippen molar-refractivity contribution in [1.29, 1.82) is 0 Å². The van der Waals surface area contributed by atoms with Crippen molar-refractivity contribution in [2.24, 2.45) is 0 Å². The molecule has 1 N–H and O–H groups in total. The number of carbonyl (C=O) groups excluding carboxylic acids is 1. The average Bonchev–Trinajstić information content (AvgIpc) is 3.02. The minimum atomic E-state index is -0.908. The van der Waals surface area contributed by atoms with Crippen LogP contribution in [-0.2, 0) is 0 Å². The lowest BCUT2D eigenvalue weighted by Crippen LogP contribution is -2.42. The molecule has 1 saturated carbocycles. The second-order valence-corrected chi connectivity index (χ2v) is 5.52.